The van der Waals surface area contributed by atoms with E-state index in [1.165, 1.54) is 0 Å². The minimum atomic E-state index is -0.780. The molecule has 0 amide bonds. The molecule has 1 N–H and O–H groups in total. The highest BCUT2D eigenvalue weighted by Gasteiger charge is 2.13. The van der Waals surface area contributed by atoms with Gasteiger partial charge in [-0.2, -0.15) is 0 Å². The van der Waals surface area contributed by atoms with Crippen LogP contribution in [0.1, 0.15) is 24.5 Å². The number of benzene rings is 2. The van der Waals surface area contributed by atoms with Crippen molar-refractivity contribution in [2.45, 2.75) is 32.7 Å². The number of ether oxygens (including phenoxy) is 4. The van der Waals surface area contributed by atoms with Crippen LogP contribution in [0.25, 0.3) is 0 Å². The summed E-state index contributed by atoms with van der Waals surface area (Å²) in [5.74, 6) is 0.304. The van der Waals surface area contributed by atoms with Crippen molar-refractivity contribution in [3.05, 3.63) is 77.9 Å². The molecule has 0 aliphatic carbocycles. The van der Waals surface area contributed by atoms with Gasteiger partial charge >= 0.3 is 5.97 Å². The first kappa shape index (κ1) is 24.6. The van der Waals surface area contributed by atoms with Crippen LogP contribution in [0.15, 0.2) is 66.7 Å². The van der Waals surface area contributed by atoms with Crippen LogP contribution in [0, 0.1) is 5.92 Å². The molecule has 2 aromatic carbocycles. The third kappa shape index (κ3) is 10.3. The number of esters is 1. The number of rotatable bonds is 14. The topological polar surface area (TPSA) is 74.2 Å². The second kappa shape index (κ2) is 14.4. The summed E-state index contributed by atoms with van der Waals surface area (Å²) in [4.78, 5) is 11.9. The molecule has 0 unspecified atom stereocenters. The van der Waals surface area contributed by atoms with Gasteiger partial charge < -0.3 is 24.1 Å². The molecule has 0 radical (unpaired) electrons. The standard InChI is InChI=1S/C25H32O6/c1-3-31-25(27)15-22(18-29-16-20-7-5-4-6-8-20)9-12-23(26)19-30-17-21-10-13-24(28-2)14-11-21/h4-14,22-23,26H,3,15-19H2,1-2H3/b12-9+/t22-,23+/m0/s1. The summed E-state index contributed by atoms with van der Waals surface area (Å²) < 4.78 is 21.5. The number of carbonyl (C=O) groups excluding carboxylic acids is 1. The van der Waals surface area contributed by atoms with Gasteiger partial charge in [0.1, 0.15) is 5.75 Å². The van der Waals surface area contributed by atoms with E-state index in [4.69, 9.17) is 18.9 Å². The molecular formula is C25H32O6. The zero-order valence-electron chi connectivity index (χ0n) is 18.2. The van der Waals surface area contributed by atoms with Crippen molar-refractivity contribution in [3.8, 4) is 5.75 Å². The SMILES string of the molecule is CCOC(=O)C[C@H](/C=C/[C@@H](O)COCc1ccc(OC)cc1)COCc1ccccc1. The molecule has 0 spiro atoms. The number of hydrogen-bond donors (Lipinski definition) is 1. The van der Waals surface area contributed by atoms with Crippen molar-refractivity contribution < 1.29 is 28.8 Å². The van der Waals surface area contributed by atoms with Gasteiger partial charge in [-0.25, -0.2) is 0 Å². The van der Waals surface area contributed by atoms with Crippen molar-refractivity contribution in [2.75, 3.05) is 26.9 Å². The van der Waals surface area contributed by atoms with Crippen LogP contribution in [-0.4, -0.2) is 44.1 Å². The zero-order chi connectivity index (χ0) is 22.3. The Balaban J connectivity index is 1.79. The highest BCUT2D eigenvalue weighted by molar-refractivity contribution is 5.69. The fraction of sp³-hybridized carbons (Fsp3) is 0.400. The van der Waals surface area contributed by atoms with Gasteiger partial charge in [-0.15, -0.1) is 0 Å². The van der Waals surface area contributed by atoms with Crippen LogP contribution >= 0.6 is 0 Å². The third-order valence-electron chi connectivity index (χ3n) is 4.50. The van der Waals surface area contributed by atoms with Gasteiger partial charge in [0.15, 0.2) is 0 Å². The van der Waals surface area contributed by atoms with Gasteiger partial charge in [-0.05, 0) is 30.2 Å². The van der Waals surface area contributed by atoms with Gasteiger partial charge in [0, 0.05) is 5.92 Å². The van der Waals surface area contributed by atoms with Gasteiger partial charge in [0.2, 0.25) is 0 Å². The molecule has 2 atom stereocenters. The highest BCUT2D eigenvalue weighted by Crippen LogP contribution is 2.13. The summed E-state index contributed by atoms with van der Waals surface area (Å²) in [6, 6.07) is 17.4. The van der Waals surface area contributed by atoms with Crippen molar-refractivity contribution >= 4 is 5.97 Å². The Hall–Kier alpha value is -2.67. The average molecular weight is 429 g/mol. The van der Waals surface area contributed by atoms with E-state index in [0.29, 0.717) is 26.4 Å². The fourth-order valence-corrected chi connectivity index (χ4v) is 2.88. The maximum atomic E-state index is 11.9. The van der Waals surface area contributed by atoms with E-state index in [0.717, 1.165) is 16.9 Å². The lowest BCUT2D eigenvalue weighted by Gasteiger charge is -2.14. The van der Waals surface area contributed by atoms with Gasteiger partial charge in [0.05, 0.1) is 52.7 Å². The zero-order valence-corrected chi connectivity index (χ0v) is 18.2. The smallest absolute Gasteiger partial charge is 0.306 e. The molecule has 0 aliphatic rings. The van der Waals surface area contributed by atoms with Crippen LogP contribution in [0.3, 0.4) is 0 Å². The first-order chi connectivity index (χ1) is 15.1. The monoisotopic (exact) mass is 428 g/mol. The first-order valence-corrected chi connectivity index (χ1v) is 10.4. The Labute approximate surface area is 184 Å². The molecule has 168 valence electrons. The normalized spacial score (nSPS) is 13.1. The minimum Gasteiger partial charge on any atom is -0.497 e. The molecule has 6 heteroatoms. The van der Waals surface area contributed by atoms with Crippen molar-refractivity contribution in [3.63, 3.8) is 0 Å². The summed E-state index contributed by atoms with van der Waals surface area (Å²) >= 11 is 0. The number of hydrogen-bond acceptors (Lipinski definition) is 6. The lowest BCUT2D eigenvalue weighted by atomic mass is 10.1. The van der Waals surface area contributed by atoms with E-state index in [1.54, 1.807) is 26.2 Å². The molecule has 31 heavy (non-hydrogen) atoms. The summed E-state index contributed by atoms with van der Waals surface area (Å²) in [5, 5.41) is 10.2. The number of carbonyl (C=O) groups is 1. The summed E-state index contributed by atoms with van der Waals surface area (Å²) in [5.41, 5.74) is 2.06. The summed E-state index contributed by atoms with van der Waals surface area (Å²) in [6.45, 7) is 3.46. The maximum absolute atomic E-state index is 11.9. The van der Waals surface area contributed by atoms with Crippen LogP contribution < -0.4 is 4.74 Å². The molecule has 6 nitrogen and oxygen atoms in total. The molecule has 0 heterocycles. The molecule has 0 fully saturated rings. The fourth-order valence-electron chi connectivity index (χ4n) is 2.88. The van der Waals surface area contributed by atoms with Crippen LogP contribution in [-0.2, 0) is 32.2 Å². The largest absolute Gasteiger partial charge is 0.497 e. The van der Waals surface area contributed by atoms with Crippen LogP contribution in [0.5, 0.6) is 5.75 Å². The Kier molecular flexibility index (Phi) is 11.4. The lowest BCUT2D eigenvalue weighted by molar-refractivity contribution is -0.144. The predicted octanol–water partition coefficient (Wildman–Crippen LogP) is 3.92. The van der Waals surface area contributed by atoms with E-state index in [9.17, 15) is 9.90 Å². The molecule has 0 saturated heterocycles. The summed E-state index contributed by atoms with van der Waals surface area (Å²) in [7, 11) is 1.62. The number of methoxy groups -OCH3 is 1. The van der Waals surface area contributed by atoms with E-state index in [2.05, 4.69) is 0 Å². The lowest BCUT2D eigenvalue weighted by Crippen LogP contribution is -2.17. The summed E-state index contributed by atoms with van der Waals surface area (Å²) in [6.07, 6.45) is 2.85. The molecule has 0 bridgehead atoms. The van der Waals surface area contributed by atoms with E-state index in [-0.39, 0.29) is 24.9 Å². The van der Waals surface area contributed by atoms with Gasteiger partial charge in [0.25, 0.3) is 0 Å². The van der Waals surface area contributed by atoms with Crippen molar-refractivity contribution in [1.29, 1.82) is 0 Å². The second-order valence-corrected chi connectivity index (χ2v) is 7.09. The van der Waals surface area contributed by atoms with E-state index in [1.807, 2.05) is 54.6 Å². The molecule has 2 rings (SSSR count). The first-order valence-electron chi connectivity index (χ1n) is 10.4. The average Bonchev–Trinajstić information content (AvgIpc) is 2.78. The maximum Gasteiger partial charge on any atom is 0.306 e. The number of aliphatic hydroxyl groups excluding tert-OH is 1. The Bertz CT molecular complexity index is 772. The molecule has 0 aliphatic heterocycles. The second-order valence-electron chi connectivity index (χ2n) is 7.09. The Morgan fingerprint density at radius 2 is 1.58 bits per heavy atom. The predicted molar refractivity (Wildman–Crippen MR) is 119 cm³/mol. The van der Waals surface area contributed by atoms with Gasteiger partial charge in [-0.3, -0.25) is 4.79 Å². The van der Waals surface area contributed by atoms with Gasteiger partial charge in [-0.1, -0.05) is 54.6 Å². The van der Waals surface area contributed by atoms with Crippen molar-refractivity contribution in [2.24, 2.45) is 5.92 Å². The van der Waals surface area contributed by atoms with E-state index >= 15 is 0 Å². The Morgan fingerprint density at radius 3 is 2.23 bits per heavy atom. The highest BCUT2D eigenvalue weighted by atomic mass is 16.5. The minimum absolute atomic E-state index is 0.152. The Morgan fingerprint density at radius 1 is 0.935 bits per heavy atom. The molecule has 0 aromatic heterocycles. The third-order valence-corrected chi connectivity index (χ3v) is 4.50. The molecular weight excluding hydrogens is 396 g/mol. The van der Waals surface area contributed by atoms with Crippen LogP contribution in [0.2, 0.25) is 0 Å². The van der Waals surface area contributed by atoms with Crippen LogP contribution in [0.4, 0.5) is 0 Å². The molecule has 2 aromatic rings. The van der Waals surface area contributed by atoms with Crippen molar-refractivity contribution in [1.82, 2.24) is 0 Å². The quantitative estimate of drug-likeness (QED) is 0.363. The molecule has 0 saturated carbocycles. The number of aliphatic hydroxyl groups is 1. The van der Waals surface area contributed by atoms with E-state index < -0.39 is 6.10 Å².